The lowest BCUT2D eigenvalue weighted by atomic mass is 9.87. The van der Waals surface area contributed by atoms with Crippen molar-refractivity contribution >= 4 is 17.2 Å². The lowest BCUT2D eigenvalue weighted by molar-refractivity contribution is 0.0884. The Kier molecular flexibility index (Phi) is 3.56. The van der Waals surface area contributed by atoms with Crippen molar-refractivity contribution in [2.24, 2.45) is 5.41 Å². The third-order valence-corrected chi connectivity index (χ3v) is 4.05. The molecule has 16 heavy (non-hydrogen) atoms. The van der Waals surface area contributed by atoms with Crippen molar-refractivity contribution in [1.82, 2.24) is 10.3 Å². The molecular weight excluding hydrogens is 224 g/mol. The first-order valence-electron chi connectivity index (χ1n) is 5.53. The summed E-state index contributed by atoms with van der Waals surface area (Å²) in [7, 11) is 0. The Morgan fingerprint density at radius 3 is 2.88 bits per heavy atom. The summed E-state index contributed by atoms with van der Waals surface area (Å²) in [5.41, 5.74) is 1.56. The third-order valence-electron chi connectivity index (χ3n) is 3.28. The van der Waals surface area contributed by atoms with Gasteiger partial charge in [0, 0.05) is 12.0 Å². The van der Waals surface area contributed by atoms with Gasteiger partial charge in [-0.2, -0.15) is 0 Å². The van der Waals surface area contributed by atoms with Gasteiger partial charge in [0.2, 0.25) is 0 Å². The van der Waals surface area contributed by atoms with E-state index in [0.717, 1.165) is 25.7 Å². The zero-order chi connectivity index (χ0) is 11.4. The SMILES string of the molecule is O=C(NCC1(CO)CCCC1)c1cncs1. The van der Waals surface area contributed by atoms with Crippen LogP contribution in [-0.4, -0.2) is 29.1 Å². The normalized spacial score (nSPS) is 18.6. The number of carbonyl (C=O) groups is 1. The zero-order valence-electron chi connectivity index (χ0n) is 9.11. The minimum atomic E-state index is -0.0830. The maximum absolute atomic E-state index is 11.7. The number of hydrogen-bond acceptors (Lipinski definition) is 4. The first-order valence-corrected chi connectivity index (χ1v) is 6.41. The van der Waals surface area contributed by atoms with Crippen molar-refractivity contribution < 1.29 is 9.90 Å². The number of nitrogens with zero attached hydrogens (tertiary/aromatic N) is 1. The molecule has 0 aliphatic heterocycles. The van der Waals surface area contributed by atoms with Crippen LogP contribution in [-0.2, 0) is 0 Å². The quantitative estimate of drug-likeness (QED) is 0.836. The lowest BCUT2D eigenvalue weighted by Gasteiger charge is -2.26. The molecule has 88 valence electrons. The van der Waals surface area contributed by atoms with Gasteiger partial charge in [-0.1, -0.05) is 12.8 Å². The van der Waals surface area contributed by atoms with Gasteiger partial charge in [0.15, 0.2) is 0 Å². The summed E-state index contributed by atoms with van der Waals surface area (Å²) in [5.74, 6) is -0.0813. The Morgan fingerprint density at radius 1 is 1.56 bits per heavy atom. The van der Waals surface area contributed by atoms with E-state index in [0.29, 0.717) is 11.4 Å². The van der Waals surface area contributed by atoms with Gasteiger partial charge in [0.25, 0.3) is 5.91 Å². The van der Waals surface area contributed by atoms with Gasteiger partial charge in [-0.25, -0.2) is 0 Å². The highest BCUT2D eigenvalue weighted by Gasteiger charge is 2.33. The third kappa shape index (κ3) is 2.41. The maximum atomic E-state index is 11.7. The van der Waals surface area contributed by atoms with Crippen LogP contribution in [0.15, 0.2) is 11.7 Å². The number of nitrogens with one attached hydrogen (secondary N) is 1. The molecule has 4 nitrogen and oxygen atoms in total. The fourth-order valence-electron chi connectivity index (χ4n) is 2.20. The number of aliphatic hydroxyl groups is 1. The van der Waals surface area contributed by atoms with E-state index in [1.54, 1.807) is 11.7 Å². The van der Waals surface area contributed by atoms with Gasteiger partial charge in [-0.05, 0) is 12.8 Å². The summed E-state index contributed by atoms with van der Waals surface area (Å²) in [4.78, 5) is 16.2. The summed E-state index contributed by atoms with van der Waals surface area (Å²) in [6.45, 7) is 0.732. The molecule has 1 aromatic heterocycles. The molecule has 0 spiro atoms. The topological polar surface area (TPSA) is 62.2 Å². The van der Waals surface area contributed by atoms with Gasteiger partial charge in [0.05, 0.1) is 18.3 Å². The molecule has 0 radical (unpaired) electrons. The second-order valence-corrected chi connectivity index (χ2v) is 5.30. The van der Waals surface area contributed by atoms with Gasteiger partial charge < -0.3 is 10.4 Å². The number of carbonyl (C=O) groups excluding carboxylic acids is 1. The van der Waals surface area contributed by atoms with Crippen LogP contribution in [0.2, 0.25) is 0 Å². The Bertz CT molecular complexity index is 345. The van der Waals surface area contributed by atoms with Crippen molar-refractivity contribution in [3.8, 4) is 0 Å². The molecule has 2 rings (SSSR count). The molecule has 0 saturated heterocycles. The molecule has 1 heterocycles. The van der Waals surface area contributed by atoms with Crippen LogP contribution in [0.3, 0.4) is 0 Å². The highest BCUT2D eigenvalue weighted by Crippen LogP contribution is 2.36. The average molecular weight is 240 g/mol. The Balaban J connectivity index is 1.89. The molecule has 1 aliphatic rings. The van der Waals surface area contributed by atoms with Crippen molar-refractivity contribution in [3.63, 3.8) is 0 Å². The van der Waals surface area contributed by atoms with E-state index in [2.05, 4.69) is 10.3 Å². The zero-order valence-corrected chi connectivity index (χ0v) is 9.92. The monoisotopic (exact) mass is 240 g/mol. The number of aromatic nitrogens is 1. The van der Waals surface area contributed by atoms with E-state index in [9.17, 15) is 9.90 Å². The minimum Gasteiger partial charge on any atom is -0.396 e. The van der Waals surface area contributed by atoms with Crippen LogP contribution < -0.4 is 5.32 Å². The Hall–Kier alpha value is -0.940. The van der Waals surface area contributed by atoms with Crippen LogP contribution >= 0.6 is 11.3 Å². The van der Waals surface area contributed by atoms with Crippen LogP contribution in [0.5, 0.6) is 0 Å². The van der Waals surface area contributed by atoms with E-state index < -0.39 is 0 Å². The highest BCUT2D eigenvalue weighted by molar-refractivity contribution is 7.11. The first kappa shape index (κ1) is 11.5. The summed E-state index contributed by atoms with van der Waals surface area (Å²) < 4.78 is 0. The van der Waals surface area contributed by atoms with Crippen molar-refractivity contribution in [1.29, 1.82) is 0 Å². The molecule has 1 saturated carbocycles. The summed E-state index contributed by atoms with van der Waals surface area (Å²) >= 11 is 1.33. The molecular formula is C11H16N2O2S. The second-order valence-electron chi connectivity index (χ2n) is 4.41. The minimum absolute atomic E-state index is 0.0813. The van der Waals surface area contributed by atoms with E-state index in [1.165, 1.54) is 11.3 Å². The number of amides is 1. The Labute approximate surface area is 98.7 Å². The number of hydrogen-bond donors (Lipinski definition) is 2. The lowest BCUT2D eigenvalue weighted by Crippen LogP contribution is -2.38. The van der Waals surface area contributed by atoms with Gasteiger partial charge in [-0.3, -0.25) is 9.78 Å². The van der Waals surface area contributed by atoms with E-state index in [-0.39, 0.29) is 17.9 Å². The summed E-state index contributed by atoms with van der Waals surface area (Å²) in [6.07, 6.45) is 5.88. The molecule has 1 aromatic rings. The predicted octanol–water partition coefficient (Wildman–Crippen LogP) is 1.43. The second kappa shape index (κ2) is 4.93. The van der Waals surface area contributed by atoms with Crippen molar-refractivity contribution in [2.45, 2.75) is 25.7 Å². The number of thiazole rings is 1. The number of rotatable bonds is 4. The standard InChI is InChI=1S/C11H16N2O2S/c14-7-11(3-1-2-4-11)6-13-10(15)9-5-12-8-16-9/h5,8,14H,1-4,6-7H2,(H,13,15). The van der Waals surface area contributed by atoms with Crippen LogP contribution in [0.25, 0.3) is 0 Å². The summed E-state index contributed by atoms with van der Waals surface area (Å²) in [6, 6.07) is 0. The fourth-order valence-corrected chi connectivity index (χ4v) is 2.73. The van der Waals surface area contributed by atoms with E-state index in [4.69, 9.17) is 0 Å². The molecule has 2 N–H and O–H groups in total. The molecule has 1 fully saturated rings. The molecule has 0 atom stereocenters. The molecule has 0 unspecified atom stereocenters. The first-order chi connectivity index (χ1) is 7.76. The molecule has 0 aromatic carbocycles. The number of aliphatic hydroxyl groups excluding tert-OH is 1. The van der Waals surface area contributed by atoms with E-state index >= 15 is 0 Å². The van der Waals surface area contributed by atoms with Crippen LogP contribution in [0.1, 0.15) is 35.4 Å². The van der Waals surface area contributed by atoms with Gasteiger partial charge in [0.1, 0.15) is 4.88 Å². The molecule has 1 aliphatic carbocycles. The molecule has 5 heteroatoms. The predicted molar refractivity (Wildman–Crippen MR) is 62.4 cm³/mol. The van der Waals surface area contributed by atoms with Crippen LogP contribution in [0, 0.1) is 5.41 Å². The van der Waals surface area contributed by atoms with Crippen molar-refractivity contribution in [3.05, 3.63) is 16.6 Å². The summed E-state index contributed by atoms with van der Waals surface area (Å²) in [5, 5.41) is 12.3. The van der Waals surface area contributed by atoms with E-state index in [1.807, 2.05) is 0 Å². The Morgan fingerprint density at radius 2 is 2.31 bits per heavy atom. The van der Waals surface area contributed by atoms with Gasteiger partial charge >= 0.3 is 0 Å². The largest absolute Gasteiger partial charge is 0.396 e. The fraction of sp³-hybridized carbons (Fsp3) is 0.636. The van der Waals surface area contributed by atoms with Crippen molar-refractivity contribution in [2.75, 3.05) is 13.2 Å². The maximum Gasteiger partial charge on any atom is 0.263 e. The van der Waals surface area contributed by atoms with Gasteiger partial charge in [-0.15, -0.1) is 11.3 Å². The average Bonchev–Trinajstić information content (AvgIpc) is 2.98. The van der Waals surface area contributed by atoms with Crippen LogP contribution in [0.4, 0.5) is 0 Å². The smallest absolute Gasteiger partial charge is 0.263 e. The molecule has 0 bridgehead atoms. The highest BCUT2D eigenvalue weighted by atomic mass is 32.1. The molecule has 1 amide bonds.